The molecule has 1 saturated heterocycles. The van der Waals surface area contributed by atoms with Gasteiger partial charge in [0, 0.05) is 18.8 Å². The van der Waals surface area contributed by atoms with Crippen LogP contribution in [-0.2, 0) is 14.3 Å². The minimum atomic E-state index is -1.13. The third-order valence-electron chi connectivity index (χ3n) is 3.83. The molecule has 1 unspecified atom stereocenters. The maximum absolute atomic E-state index is 11.5. The quantitative estimate of drug-likeness (QED) is 0.602. The Bertz CT molecular complexity index is 413. The topological polar surface area (TPSA) is 84.9 Å². The van der Waals surface area contributed by atoms with Gasteiger partial charge in [0.25, 0.3) is 0 Å². The van der Waals surface area contributed by atoms with E-state index in [2.05, 4.69) is 5.32 Å². The molecule has 1 heterocycles. The van der Waals surface area contributed by atoms with E-state index in [4.69, 9.17) is 21.1 Å². The Morgan fingerprint density at radius 1 is 1.63 bits per heavy atom. The predicted octanol–water partition coefficient (Wildman–Crippen LogP) is 1.20. The van der Waals surface area contributed by atoms with E-state index in [0.717, 1.165) is 0 Å². The van der Waals surface area contributed by atoms with Crippen LogP contribution >= 0.6 is 11.6 Å². The van der Waals surface area contributed by atoms with E-state index in [9.17, 15) is 14.7 Å². The Balaban J connectivity index is 2.19. The van der Waals surface area contributed by atoms with Crippen molar-refractivity contribution in [2.45, 2.75) is 12.7 Å². The lowest BCUT2D eigenvalue weighted by Crippen LogP contribution is -2.54. The van der Waals surface area contributed by atoms with E-state index in [0.29, 0.717) is 6.42 Å². The molecule has 0 aromatic rings. The molecule has 0 spiro atoms. The van der Waals surface area contributed by atoms with Crippen molar-refractivity contribution >= 4 is 23.7 Å². The number of halogens is 1. The number of amides is 1. The van der Waals surface area contributed by atoms with E-state index in [-0.39, 0.29) is 24.3 Å². The minimum Gasteiger partial charge on any atom is -0.481 e. The fraction of sp³-hybridized carbons (Fsp3) is 0.667. The summed E-state index contributed by atoms with van der Waals surface area (Å²) in [4.78, 5) is 22.8. The van der Waals surface area contributed by atoms with Crippen LogP contribution in [0.1, 0.15) is 6.42 Å². The summed E-state index contributed by atoms with van der Waals surface area (Å²) in [5, 5.41) is 11.8. The number of alkyl carbamates (subject to hydrolysis) is 1. The van der Waals surface area contributed by atoms with Crippen LogP contribution in [0.15, 0.2) is 12.2 Å². The Morgan fingerprint density at radius 2 is 2.37 bits per heavy atom. The zero-order chi connectivity index (χ0) is 14.0. The SMILES string of the molecule is CNC(=O)O[C@H]1OCC(CCl)(C(=O)O)[C@H]2CC=C[C@@H]12. The van der Waals surface area contributed by atoms with Gasteiger partial charge < -0.3 is 19.9 Å². The molecular formula is C12H16ClNO5. The molecule has 0 radical (unpaired) electrons. The first kappa shape index (κ1) is 14.1. The van der Waals surface area contributed by atoms with Gasteiger partial charge in [-0.2, -0.15) is 0 Å². The lowest BCUT2D eigenvalue weighted by molar-refractivity contribution is -0.212. The van der Waals surface area contributed by atoms with Crippen molar-refractivity contribution in [2.75, 3.05) is 19.5 Å². The summed E-state index contributed by atoms with van der Waals surface area (Å²) in [5.74, 6) is -1.50. The highest BCUT2D eigenvalue weighted by Gasteiger charge is 2.55. The van der Waals surface area contributed by atoms with Crippen molar-refractivity contribution in [3.8, 4) is 0 Å². The number of carbonyl (C=O) groups is 2. The number of fused-ring (bicyclic) bond motifs is 1. The highest BCUT2D eigenvalue weighted by Crippen LogP contribution is 2.47. The van der Waals surface area contributed by atoms with Crippen LogP contribution < -0.4 is 5.32 Å². The largest absolute Gasteiger partial charge is 0.481 e. The van der Waals surface area contributed by atoms with Gasteiger partial charge >= 0.3 is 12.1 Å². The van der Waals surface area contributed by atoms with Crippen molar-refractivity contribution in [3.05, 3.63) is 12.2 Å². The summed E-state index contributed by atoms with van der Waals surface area (Å²) in [6, 6.07) is 0. The maximum atomic E-state index is 11.5. The number of nitrogens with one attached hydrogen (secondary N) is 1. The fourth-order valence-electron chi connectivity index (χ4n) is 2.69. The van der Waals surface area contributed by atoms with E-state index < -0.39 is 23.8 Å². The Morgan fingerprint density at radius 3 is 2.95 bits per heavy atom. The molecule has 1 aliphatic carbocycles. The Kier molecular flexibility index (Phi) is 4.01. The van der Waals surface area contributed by atoms with Gasteiger partial charge in [-0.15, -0.1) is 11.6 Å². The molecule has 2 aliphatic rings. The molecule has 0 aromatic carbocycles. The van der Waals surface area contributed by atoms with Crippen LogP contribution in [0.3, 0.4) is 0 Å². The van der Waals surface area contributed by atoms with E-state index in [1.165, 1.54) is 7.05 Å². The number of ether oxygens (including phenoxy) is 2. The number of carbonyl (C=O) groups excluding carboxylic acids is 1. The number of hydrogen-bond acceptors (Lipinski definition) is 4. The molecule has 4 atom stereocenters. The third kappa shape index (κ3) is 2.30. The molecule has 1 amide bonds. The first-order valence-electron chi connectivity index (χ1n) is 6.01. The molecule has 2 rings (SSSR count). The second kappa shape index (κ2) is 5.38. The molecule has 2 N–H and O–H groups in total. The van der Waals surface area contributed by atoms with Crippen LogP contribution in [0, 0.1) is 17.3 Å². The predicted molar refractivity (Wildman–Crippen MR) is 66.8 cm³/mol. The van der Waals surface area contributed by atoms with E-state index in [1.54, 1.807) is 0 Å². The summed E-state index contributed by atoms with van der Waals surface area (Å²) < 4.78 is 10.5. The molecule has 1 fully saturated rings. The maximum Gasteiger partial charge on any atom is 0.409 e. The second-order valence-electron chi connectivity index (χ2n) is 4.78. The summed E-state index contributed by atoms with van der Waals surface area (Å²) in [6.07, 6.45) is 2.95. The lowest BCUT2D eigenvalue weighted by Gasteiger charge is -2.44. The Hall–Kier alpha value is -1.27. The van der Waals surface area contributed by atoms with Crippen LogP contribution in [-0.4, -0.2) is 43.0 Å². The average molecular weight is 290 g/mol. The zero-order valence-corrected chi connectivity index (χ0v) is 11.2. The van der Waals surface area contributed by atoms with Crippen LogP contribution in [0.25, 0.3) is 0 Å². The van der Waals surface area contributed by atoms with Crippen LogP contribution in [0.4, 0.5) is 4.79 Å². The fourth-order valence-corrected chi connectivity index (χ4v) is 3.08. The normalized spacial score (nSPS) is 36.6. The number of carboxylic acids is 1. The number of carboxylic acid groups (broad SMARTS) is 1. The standard InChI is InChI=1S/C12H16ClNO5/c1-14-11(17)19-9-7-3-2-4-8(7)12(5-13,6-18-9)10(15)16/h2-3,7-9H,4-6H2,1H3,(H,14,17)(H,15,16)/t7-,8+,9-,12?/m1/s1. The van der Waals surface area contributed by atoms with Crippen molar-refractivity contribution in [1.29, 1.82) is 0 Å². The van der Waals surface area contributed by atoms with Crippen LogP contribution in [0.5, 0.6) is 0 Å². The number of rotatable bonds is 3. The first-order valence-corrected chi connectivity index (χ1v) is 6.54. The zero-order valence-electron chi connectivity index (χ0n) is 10.5. The smallest absolute Gasteiger partial charge is 0.409 e. The first-order chi connectivity index (χ1) is 9.05. The van der Waals surface area contributed by atoms with Crippen molar-refractivity contribution in [3.63, 3.8) is 0 Å². The van der Waals surface area contributed by atoms with Gasteiger partial charge in [-0.05, 0) is 12.3 Å². The van der Waals surface area contributed by atoms with Gasteiger partial charge in [0.05, 0.1) is 6.61 Å². The average Bonchev–Trinajstić information content (AvgIpc) is 2.89. The van der Waals surface area contributed by atoms with Crippen molar-refractivity contribution in [1.82, 2.24) is 5.32 Å². The molecular weight excluding hydrogens is 274 g/mol. The van der Waals surface area contributed by atoms with Crippen molar-refractivity contribution in [2.24, 2.45) is 17.3 Å². The molecule has 0 aromatic heterocycles. The minimum absolute atomic E-state index is 0.0299. The van der Waals surface area contributed by atoms with Gasteiger partial charge in [0.15, 0.2) is 0 Å². The van der Waals surface area contributed by atoms with E-state index in [1.807, 2.05) is 12.2 Å². The van der Waals surface area contributed by atoms with Crippen LogP contribution in [0.2, 0.25) is 0 Å². The number of hydrogen-bond donors (Lipinski definition) is 2. The van der Waals surface area contributed by atoms with Gasteiger partial charge in [0.2, 0.25) is 6.29 Å². The summed E-state index contributed by atoms with van der Waals surface area (Å²) in [5.41, 5.74) is -1.13. The van der Waals surface area contributed by atoms with Gasteiger partial charge in [0.1, 0.15) is 5.41 Å². The number of aliphatic carboxylic acids is 1. The summed E-state index contributed by atoms with van der Waals surface area (Å²) in [7, 11) is 1.45. The van der Waals surface area contributed by atoms with E-state index >= 15 is 0 Å². The molecule has 106 valence electrons. The summed E-state index contributed by atoms with van der Waals surface area (Å²) in [6.45, 7) is -0.0592. The molecule has 6 nitrogen and oxygen atoms in total. The number of allylic oxidation sites excluding steroid dienone is 1. The lowest BCUT2D eigenvalue weighted by atomic mass is 9.70. The molecule has 1 aliphatic heterocycles. The van der Waals surface area contributed by atoms with Crippen molar-refractivity contribution < 1.29 is 24.2 Å². The molecule has 0 bridgehead atoms. The number of alkyl halides is 1. The highest BCUT2D eigenvalue weighted by molar-refractivity contribution is 6.19. The van der Waals surface area contributed by atoms with Gasteiger partial charge in [-0.3, -0.25) is 4.79 Å². The monoisotopic (exact) mass is 289 g/mol. The van der Waals surface area contributed by atoms with Gasteiger partial charge in [-0.1, -0.05) is 12.2 Å². The molecule has 19 heavy (non-hydrogen) atoms. The molecule has 0 saturated carbocycles. The second-order valence-corrected chi connectivity index (χ2v) is 5.04. The molecule has 7 heteroatoms. The highest BCUT2D eigenvalue weighted by atomic mass is 35.5. The van der Waals surface area contributed by atoms with Gasteiger partial charge in [-0.25, -0.2) is 4.79 Å². The summed E-state index contributed by atoms with van der Waals surface area (Å²) >= 11 is 5.87. The third-order valence-corrected chi connectivity index (χ3v) is 4.31. The Labute approximate surface area is 115 Å².